The Hall–Kier alpha value is -2.41. The lowest BCUT2D eigenvalue weighted by atomic mass is 9.78. The molecule has 2 heterocycles. The molecule has 0 radical (unpaired) electrons. The van der Waals surface area contributed by atoms with Gasteiger partial charge in [-0.05, 0) is 24.1 Å². The summed E-state index contributed by atoms with van der Waals surface area (Å²) in [7, 11) is 6.69. The summed E-state index contributed by atoms with van der Waals surface area (Å²) in [5.74, 6) is -2.45. The number of nitrogens with one attached hydrogen (secondary N) is 1. The molecule has 2 amide bonds. The minimum atomic E-state index is -1.19. The second-order valence-electron chi connectivity index (χ2n) is 7.16. The second-order valence-corrected chi connectivity index (χ2v) is 7.16. The Morgan fingerprint density at radius 1 is 1.23 bits per heavy atom. The summed E-state index contributed by atoms with van der Waals surface area (Å²) < 4.78 is 5.00. The molecule has 0 bridgehead atoms. The van der Waals surface area contributed by atoms with Gasteiger partial charge in [-0.3, -0.25) is 24.6 Å². The number of carbonyl (C=O) groups is 3. The smallest absolute Gasteiger partial charge is 0.326 e. The number of methoxy groups -OCH3 is 1. The fraction of sp³-hybridized carbons (Fsp3) is 0.526. The first-order valence-corrected chi connectivity index (χ1v) is 8.73. The van der Waals surface area contributed by atoms with Crippen molar-refractivity contribution in [3.63, 3.8) is 0 Å². The molecule has 0 aromatic heterocycles. The van der Waals surface area contributed by atoms with Gasteiger partial charge in [0.05, 0.1) is 18.9 Å². The SMILES string of the molecule is CC[C@]1(C(=O)OC)N[C@@H](c2ccc(N(C)C)cc2)[C@H]2C(=O)N(C)C(=O)[C@H]21. The monoisotopic (exact) mass is 359 g/mol. The predicted molar refractivity (Wildman–Crippen MR) is 96.4 cm³/mol. The van der Waals surface area contributed by atoms with E-state index in [2.05, 4.69) is 5.32 Å². The Kier molecular flexibility index (Phi) is 4.52. The molecule has 0 unspecified atom stereocenters. The molecule has 1 N–H and O–H groups in total. The van der Waals surface area contributed by atoms with Crippen LogP contribution in [0, 0.1) is 11.8 Å². The van der Waals surface area contributed by atoms with E-state index >= 15 is 0 Å². The number of ether oxygens (including phenoxy) is 1. The molecule has 0 spiro atoms. The lowest BCUT2D eigenvalue weighted by molar-refractivity contribution is -0.154. The Morgan fingerprint density at radius 2 is 1.85 bits per heavy atom. The van der Waals surface area contributed by atoms with E-state index in [0.29, 0.717) is 6.42 Å². The van der Waals surface area contributed by atoms with Gasteiger partial charge in [0.1, 0.15) is 5.54 Å². The predicted octanol–water partition coefficient (Wildman–Crippen LogP) is 0.950. The molecule has 2 aliphatic rings. The van der Waals surface area contributed by atoms with E-state index in [1.165, 1.54) is 14.2 Å². The molecule has 2 saturated heterocycles. The van der Waals surface area contributed by atoms with Crippen LogP contribution in [0.1, 0.15) is 24.9 Å². The third kappa shape index (κ3) is 2.41. The highest BCUT2D eigenvalue weighted by Gasteiger charge is 2.67. The normalized spacial score (nSPS) is 30.5. The van der Waals surface area contributed by atoms with E-state index in [-0.39, 0.29) is 11.8 Å². The summed E-state index contributed by atoms with van der Waals surface area (Å²) in [4.78, 5) is 41.3. The van der Waals surface area contributed by atoms with Crippen LogP contribution in [0.2, 0.25) is 0 Å². The number of nitrogens with zero attached hydrogens (tertiary/aromatic N) is 2. The summed E-state index contributed by atoms with van der Waals surface area (Å²) in [6.45, 7) is 1.83. The van der Waals surface area contributed by atoms with E-state index < -0.39 is 29.4 Å². The Balaban J connectivity index is 2.08. The number of likely N-dealkylation sites (tertiary alicyclic amines) is 1. The average molecular weight is 359 g/mol. The van der Waals surface area contributed by atoms with Crippen LogP contribution in [0.15, 0.2) is 24.3 Å². The zero-order valence-corrected chi connectivity index (χ0v) is 15.8. The van der Waals surface area contributed by atoms with Gasteiger partial charge in [0.15, 0.2) is 0 Å². The van der Waals surface area contributed by atoms with Crippen molar-refractivity contribution in [1.29, 1.82) is 0 Å². The number of fused-ring (bicyclic) bond motifs is 1. The molecule has 1 aromatic carbocycles. The topological polar surface area (TPSA) is 79.0 Å². The van der Waals surface area contributed by atoms with Gasteiger partial charge in [-0.2, -0.15) is 0 Å². The molecule has 3 rings (SSSR count). The van der Waals surface area contributed by atoms with Crippen LogP contribution in [0.25, 0.3) is 0 Å². The first-order valence-electron chi connectivity index (χ1n) is 8.73. The van der Waals surface area contributed by atoms with E-state index in [1.54, 1.807) is 0 Å². The number of amides is 2. The molecule has 1 aromatic rings. The van der Waals surface area contributed by atoms with Crippen LogP contribution in [-0.4, -0.2) is 56.5 Å². The van der Waals surface area contributed by atoms with Gasteiger partial charge in [0.2, 0.25) is 11.8 Å². The van der Waals surface area contributed by atoms with Crippen LogP contribution < -0.4 is 10.2 Å². The number of benzene rings is 1. The molecule has 4 atom stereocenters. The number of hydrogen-bond acceptors (Lipinski definition) is 6. The van der Waals surface area contributed by atoms with E-state index in [1.807, 2.05) is 50.2 Å². The third-order valence-corrected chi connectivity index (χ3v) is 5.75. The average Bonchev–Trinajstić information content (AvgIpc) is 3.11. The Morgan fingerprint density at radius 3 is 2.35 bits per heavy atom. The van der Waals surface area contributed by atoms with Crippen LogP contribution in [0.4, 0.5) is 5.69 Å². The van der Waals surface area contributed by atoms with Gasteiger partial charge in [0, 0.05) is 32.9 Å². The fourth-order valence-corrected chi connectivity index (χ4v) is 4.25. The molecule has 2 aliphatic heterocycles. The summed E-state index contributed by atoms with van der Waals surface area (Å²) in [5.41, 5.74) is 0.715. The van der Waals surface area contributed by atoms with Gasteiger partial charge in [0.25, 0.3) is 0 Å². The van der Waals surface area contributed by atoms with E-state index in [4.69, 9.17) is 4.74 Å². The molecule has 140 valence electrons. The van der Waals surface area contributed by atoms with Gasteiger partial charge >= 0.3 is 5.97 Å². The van der Waals surface area contributed by atoms with E-state index in [0.717, 1.165) is 16.2 Å². The first kappa shape index (κ1) is 18.4. The van der Waals surface area contributed by atoms with Crippen molar-refractivity contribution in [3.8, 4) is 0 Å². The zero-order valence-electron chi connectivity index (χ0n) is 15.8. The minimum absolute atomic E-state index is 0.256. The van der Waals surface area contributed by atoms with Gasteiger partial charge in [-0.1, -0.05) is 19.1 Å². The maximum atomic E-state index is 12.8. The largest absolute Gasteiger partial charge is 0.468 e. The van der Waals surface area contributed by atoms with Crippen molar-refractivity contribution in [1.82, 2.24) is 10.2 Å². The Labute approximate surface area is 153 Å². The number of carbonyl (C=O) groups excluding carboxylic acids is 3. The number of imide groups is 1. The molecule has 2 fully saturated rings. The lowest BCUT2D eigenvalue weighted by Gasteiger charge is -2.30. The van der Waals surface area contributed by atoms with Gasteiger partial charge in [-0.25, -0.2) is 0 Å². The first-order chi connectivity index (χ1) is 12.3. The van der Waals surface area contributed by atoms with Crippen LogP contribution in [-0.2, 0) is 19.1 Å². The number of anilines is 1. The van der Waals surface area contributed by atoms with Gasteiger partial charge < -0.3 is 9.64 Å². The zero-order chi connectivity index (χ0) is 19.2. The summed E-state index contributed by atoms with van der Waals surface area (Å²) in [6, 6.07) is 7.37. The van der Waals surface area contributed by atoms with Crippen molar-refractivity contribution in [2.75, 3.05) is 33.2 Å². The number of rotatable bonds is 4. The Bertz CT molecular complexity index is 746. The second kappa shape index (κ2) is 6.39. The van der Waals surface area contributed by atoms with Crippen molar-refractivity contribution >= 4 is 23.5 Å². The van der Waals surface area contributed by atoms with Crippen LogP contribution in [0.5, 0.6) is 0 Å². The van der Waals surface area contributed by atoms with Gasteiger partial charge in [-0.15, -0.1) is 0 Å². The summed E-state index contributed by atoms with van der Waals surface area (Å²) in [5, 5.41) is 3.30. The summed E-state index contributed by atoms with van der Waals surface area (Å²) >= 11 is 0. The highest BCUT2D eigenvalue weighted by atomic mass is 16.5. The molecular formula is C19H25N3O4. The van der Waals surface area contributed by atoms with Crippen LogP contribution >= 0.6 is 0 Å². The number of hydrogen-bond donors (Lipinski definition) is 1. The molecule has 0 aliphatic carbocycles. The molecular weight excluding hydrogens is 334 g/mol. The molecule has 7 heteroatoms. The lowest BCUT2D eigenvalue weighted by Crippen LogP contribution is -2.55. The molecule has 26 heavy (non-hydrogen) atoms. The third-order valence-electron chi connectivity index (χ3n) is 5.75. The van der Waals surface area contributed by atoms with Crippen molar-refractivity contribution in [3.05, 3.63) is 29.8 Å². The van der Waals surface area contributed by atoms with Crippen LogP contribution in [0.3, 0.4) is 0 Å². The standard InChI is InChI=1S/C19H25N3O4/c1-6-19(18(25)26-5)14-13(16(23)22(4)17(14)24)15(20-19)11-7-9-12(10-8-11)21(2)3/h7-10,13-15,20H,6H2,1-5H3/t13-,14-,15-,19-/m0/s1. The van der Waals surface area contributed by atoms with E-state index in [9.17, 15) is 14.4 Å². The molecule has 0 saturated carbocycles. The quantitative estimate of drug-likeness (QED) is 0.637. The summed E-state index contributed by atoms with van der Waals surface area (Å²) in [6.07, 6.45) is 0.361. The maximum Gasteiger partial charge on any atom is 0.326 e. The van der Waals surface area contributed by atoms with Crippen molar-refractivity contribution < 1.29 is 19.1 Å². The fourth-order valence-electron chi connectivity index (χ4n) is 4.25. The highest BCUT2D eigenvalue weighted by Crippen LogP contribution is 2.50. The highest BCUT2D eigenvalue weighted by molar-refractivity contribution is 6.09. The van der Waals surface area contributed by atoms with Crippen molar-refractivity contribution in [2.24, 2.45) is 11.8 Å². The number of esters is 1. The maximum absolute atomic E-state index is 12.8. The van der Waals surface area contributed by atoms with Crippen molar-refractivity contribution in [2.45, 2.75) is 24.9 Å². The minimum Gasteiger partial charge on any atom is -0.468 e. The molecule has 7 nitrogen and oxygen atoms in total.